The molecule has 0 fully saturated rings. The van der Waals surface area contributed by atoms with Gasteiger partial charge in [-0.05, 0) is 29.7 Å². The monoisotopic (exact) mass is 304 g/mol. The van der Waals surface area contributed by atoms with Crippen molar-refractivity contribution in [2.45, 2.75) is 24.2 Å². The van der Waals surface area contributed by atoms with Gasteiger partial charge in [0.25, 0.3) is 0 Å². The van der Waals surface area contributed by atoms with Crippen molar-refractivity contribution >= 4 is 22.6 Å². The van der Waals surface area contributed by atoms with Gasteiger partial charge in [-0.3, -0.25) is 0 Å². The minimum Gasteiger partial charge on any atom is -0.454 e. The Bertz CT molecular complexity index is 336. The van der Waals surface area contributed by atoms with Crippen LogP contribution in [-0.4, -0.2) is 6.79 Å². The Morgan fingerprint density at radius 1 is 1.21 bits per heavy atom. The van der Waals surface area contributed by atoms with Crippen LogP contribution in [0.3, 0.4) is 0 Å². The molecule has 3 heteroatoms. The second-order valence-electron chi connectivity index (χ2n) is 3.36. The molecule has 0 atom stereocenters. The predicted octanol–water partition coefficient (Wildman–Crippen LogP) is 3.30. The predicted molar refractivity (Wildman–Crippen MR) is 64.3 cm³/mol. The Kier molecular flexibility index (Phi) is 3.15. The van der Waals surface area contributed by atoms with Crippen LogP contribution in [0.2, 0.25) is 0 Å². The fourth-order valence-corrected chi connectivity index (χ4v) is 2.36. The molecule has 76 valence electrons. The van der Waals surface area contributed by atoms with Gasteiger partial charge in [-0.1, -0.05) is 35.9 Å². The quantitative estimate of drug-likeness (QED) is 0.630. The lowest BCUT2D eigenvalue weighted by Crippen LogP contribution is -1.92. The smallest absolute Gasteiger partial charge is 0.231 e. The maximum absolute atomic E-state index is 5.36. The average Bonchev–Trinajstić information content (AvgIpc) is 2.64. The van der Waals surface area contributed by atoms with E-state index < -0.39 is 0 Å². The summed E-state index contributed by atoms with van der Waals surface area (Å²) < 4.78 is 11.7. The van der Waals surface area contributed by atoms with Crippen molar-refractivity contribution in [3.8, 4) is 11.5 Å². The molecular weight excluding hydrogens is 291 g/mol. The molecule has 1 heterocycles. The second kappa shape index (κ2) is 4.38. The summed E-state index contributed by atoms with van der Waals surface area (Å²) in [7, 11) is 0. The van der Waals surface area contributed by atoms with Crippen LogP contribution in [0, 0.1) is 0 Å². The van der Waals surface area contributed by atoms with Gasteiger partial charge in [-0.2, -0.15) is 0 Å². The number of rotatable bonds is 3. The molecular formula is C11H13IO2. The van der Waals surface area contributed by atoms with E-state index in [-0.39, 0.29) is 0 Å². The molecule has 2 nitrogen and oxygen atoms in total. The summed E-state index contributed by atoms with van der Waals surface area (Å²) in [6.07, 6.45) is 2.29. The SMILES string of the molecule is CCCc1cc2c(cc1CI)OCO2. The van der Waals surface area contributed by atoms with E-state index in [1.807, 2.05) is 0 Å². The van der Waals surface area contributed by atoms with Crippen LogP contribution < -0.4 is 9.47 Å². The number of benzene rings is 1. The van der Waals surface area contributed by atoms with Gasteiger partial charge in [0, 0.05) is 4.43 Å². The highest BCUT2D eigenvalue weighted by Crippen LogP contribution is 2.35. The fraction of sp³-hybridized carbons (Fsp3) is 0.455. The first kappa shape index (κ1) is 10.1. The lowest BCUT2D eigenvalue weighted by Gasteiger charge is -2.07. The zero-order valence-electron chi connectivity index (χ0n) is 8.18. The number of aryl methyl sites for hydroxylation is 1. The maximum atomic E-state index is 5.36. The third kappa shape index (κ3) is 1.82. The molecule has 0 amide bonds. The number of hydrogen-bond donors (Lipinski definition) is 0. The molecule has 1 aliphatic rings. The molecule has 0 N–H and O–H groups in total. The molecule has 0 radical (unpaired) electrons. The van der Waals surface area contributed by atoms with Crippen LogP contribution >= 0.6 is 22.6 Å². The highest BCUT2D eigenvalue weighted by Gasteiger charge is 2.16. The zero-order chi connectivity index (χ0) is 9.97. The van der Waals surface area contributed by atoms with Gasteiger partial charge in [0.1, 0.15) is 0 Å². The lowest BCUT2D eigenvalue weighted by molar-refractivity contribution is 0.174. The number of fused-ring (bicyclic) bond motifs is 1. The third-order valence-electron chi connectivity index (χ3n) is 2.36. The van der Waals surface area contributed by atoms with E-state index in [4.69, 9.17) is 9.47 Å². The van der Waals surface area contributed by atoms with Gasteiger partial charge >= 0.3 is 0 Å². The van der Waals surface area contributed by atoms with E-state index in [1.54, 1.807) is 0 Å². The molecule has 0 bridgehead atoms. The van der Waals surface area contributed by atoms with Gasteiger partial charge in [-0.15, -0.1) is 0 Å². The van der Waals surface area contributed by atoms with Crippen molar-refractivity contribution < 1.29 is 9.47 Å². The van der Waals surface area contributed by atoms with Gasteiger partial charge in [0.15, 0.2) is 11.5 Å². The summed E-state index contributed by atoms with van der Waals surface area (Å²) in [5.74, 6) is 1.80. The average molecular weight is 304 g/mol. The molecule has 0 saturated carbocycles. The summed E-state index contributed by atoms with van der Waals surface area (Å²) in [5.41, 5.74) is 2.77. The molecule has 1 aromatic carbocycles. The van der Waals surface area contributed by atoms with Gasteiger partial charge in [-0.25, -0.2) is 0 Å². The van der Waals surface area contributed by atoms with Gasteiger partial charge in [0.2, 0.25) is 6.79 Å². The Morgan fingerprint density at radius 2 is 1.86 bits per heavy atom. The summed E-state index contributed by atoms with van der Waals surface area (Å²) >= 11 is 2.39. The summed E-state index contributed by atoms with van der Waals surface area (Å²) in [6.45, 7) is 2.56. The largest absolute Gasteiger partial charge is 0.454 e. The van der Waals surface area contributed by atoms with E-state index >= 15 is 0 Å². The van der Waals surface area contributed by atoms with Crippen molar-refractivity contribution in [3.05, 3.63) is 23.3 Å². The molecule has 1 aliphatic heterocycles. The van der Waals surface area contributed by atoms with Gasteiger partial charge < -0.3 is 9.47 Å². The number of alkyl halides is 1. The van der Waals surface area contributed by atoms with Crippen LogP contribution in [-0.2, 0) is 10.8 Å². The number of ether oxygens (including phenoxy) is 2. The summed E-state index contributed by atoms with van der Waals surface area (Å²) in [5, 5.41) is 0. The molecule has 0 spiro atoms. The molecule has 2 rings (SSSR count). The molecule has 1 aromatic rings. The topological polar surface area (TPSA) is 18.5 Å². The first-order chi connectivity index (χ1) is 6.85. The van der Waals surface area contributed by atoms with Crippen molar-refractivity contribution in [3.63, 3.8) is 0 Å². The zero-order valence-corrected chi connectivity index (χ0v) is 10.3. The van der Waals surface area contributed by atoms with E-state index in [2.05, 4.69) is 41.6 Å². The van der Waals surface area contributed by atoms with Crippen LogP contribution in [0.15, 0.2) is 12.1 Å². The van der Waals surface area contributed by atoms with Crippen molar-refractivity contribution in [2.75, 3.05) is 6.79 Å². The third-order valence-corrected chi connectivity index (χ3v) is 3.18. The minimum absolute atomic E-state index is 0.367. The van der Waals surface area contributed by atoms with E-state index in [1.165, 1.54) is 17.5 Å². The van der Waals surface area contributed by atoms with Crippen LogP contribution in [0.4, 0.5) is 0 Å². The Morgan fingerprint density at radius 3 is 2.43 bits per heavy atom. The molecule has 0 aromatic heterocycles. The number of hydrogen-bond acceptors (Lipinski definition) is 2. The van der Waals surface area contributed by atoms with Crippen LogP contribution in [0.25, 0.3) is 0 Å². The maximum Gasteiger partial charge on any atom is 0.231 e. The first-order valence-corrected chi connectivity index (χ1v) is 6.35. The molecule has 0 saturated heterocycles. The second-order valence-corrected chi connectivity index (χ2v) is 4.12. The summed E-state index contributed by atoms with van der Waals surface area (Å²) in [4.78, 5) is 0. The van der Waals surface area contributed by atoms with E-state index in [0.29, 0.717) is 6.79 Å². The molecule has 0 unspecified atom stereocenters. The van der Waals surface area contributed by atoms with Crippen LogP contribution in [0.1, 0.15) is 24.5 Å². The first-order valence-electron chi connectivity index (χ1n) is 4.82. The van der Waals surface area contributed by atoms with Gasteiger partial charge in [0.05, 0.1) is 0 Å². The minimum atomic E-state index is 0.367. The van der Waals surface area contributed by atoms with Crippen molar-refractivity contribution in [2.24, 2.45) is 0 Å². The molecule has 0 aliphatic carbocycles. The van der Waals surface area contributed by atoms with Crippen molar-refractivity contribution in [1.29, 1.82) is 0 Å². The normalized spacial score (nSPS) is 13.3. The lowest BCUT2D eigenvalue weighted by atomic mass is 10.0. The van der Waals surface area contributed by atoms with Crippen molar-refractivity contribution in [1.82, 2.24) is 0 Å². The van der Waals surface area contributed by atoms with E-state index in [9.17, 15) is 0 Å². The van der Waals surface area contributed by atoms with Crippen LogP contribution in [0.5, 0.6) is 11.5 Å². The highest BCUT2D eigenvalue weighted by atomic mass is 127. The standard InChI is InChI=1S/C11H13IO2/c1-2-3-8-4-10-11(14-7-13-10)5-9(8)6-12/h4-5H,2-3,6-7H2,1H3. The Balaban J connectivity index is 2.38. The Hall–Kier alpha value is -0.450. The van der Waals surface area contributed by atoms with E-state index in [0.717, 1.165) is 22.3 Å². The number of halogens is 1. The fourth-order valence-electron chi connectivity index (χ4n) is 1.65. The summed E-state index contributed by atoms with van der Waals surface area (Å²) in [6, 6.07) is 4.24. The Labute approximate surface area is 97.7 Å². The highest BCUT2D eigenvalue weighted by molar-refractivity contribution is 14.1. The molecule has 14 heavy (non-hydrogen) atoms.